The van der Waals surface area contributed by atoms with Crippen LogP contribution in [0, 0.1) is 0 Å². The molecule has 2 unspecified atom stereocenters. The molecule has 0 amide bonds. The lowest BCUT2D eigenvalue weighted by Gasteiger charge is -2.06. The Hall–Kier alpha value is 0.620. The topological polar surface area (TPSA) is 40.5 Å². The standard InChI is InChI=1S/C4H10O2S2/c1-3(5)2-4(6)8-7/h3-7H,2H2,1H3. The van der Waals surface area contributed by atoms with E-state index in [4.69, 9.17) is 10.2 Å². The average Bonchev–Trinajstić information content (AvgIpc) is 1.65. The molecule has 2 N–H and O–H groups in total. The van der Waals surface area contributed by atoms with Crippen LogP contribution >= 0.6 is 22.5 Å². The lowest BCUT2D eigenvalue weighted by Crippen LogP contribution is -2.09. The first-order valence-electron chi connectivity index (χ1n) is 2.33. The van der Waals surface area contributed by atoms with Crippen LogP contribution in [0.15, 0.2) is 0 Å². The van der Waals surface area contributed by atoms with E-state index in [1.807, 2.05) is 0 Å². The molecule has 0 aromatic rings. The molecule has 0 radical (unpaired) electrons. The molecule has 0 saturated heterocycles. The highest BCUT2D eigenvalue weighted by molar-refractivity contribution is 8.68. The predicted octanol–water partition coefficient (Wildman–Crippen LogP) is 0.654. The summed E-state index contributed by atoms with van der Waals surface area (Å²) in [6.07, 6.45) is -0.0570. The van der Waals surface area contributed by atoms with Crippen molar-refractivity contribution in [1.82, 2.24) is 0 Å². The average molecular weight is 154 g/mol. The summed E-state index contributed by atoms with van der Waals surface area (Å²) in [5.41, 5.74) is -0.543. The van der Waals surface area contributed by atoms with E-state index in [-0.39, 0.29) is 0 Å². The fraction of sp³-hybridized carbons (Fsp3) is 1.00. The molecule has 0 bridgehead atoms. The van der Waals surface area contributed by atoms with Gasteiger partial charge in [-0.3, -0.25) is 0 Å². The Balaban J connectivity index is 3.10. The van der Waals surface area contributed by atoms with Crippen LogP contribution < -0.4 is 0 Å². The number of aliphatic hydroxyl groups excluding tert-OH is 2. The highest BCUT2D eigenvalue weighted by Crippen LogP contribution is 2.16. The smallest absolute Gasteiger partial charge is 0.111 e. The summed E-state index contributed by atoms with van der Waals surface area (Å²) in [7, 11) is 1.04. The zero-order chi connectivity index (χ0) is 6.57. The minimum absolute atomic E-state index is 0.383. The van der Waals surface area contributed by atoms with E-state index in [9.17, 15) is 0 Å². The number of thiol groups is 1. The Bertz CT molecular complexity index is 58.0. The molecular weight excluding hydrogens is 144 g/mol. The van der Waals surface area contributed by atoms with Gasteiger partial charge in [0.25, 0.3) is 0 Å². The van der Waals surface area contributed by atoms with Gasteiger partial charge in [0, 0.05) is 6.42 Å². The van der Waals surface area contributed by atoms with E-state index in [2.05, 4.69) is 11.7 Å². The largest absolute Gasteiger partial charge is 0.393 e. The highest BCUT2D eigenvalue weighted by Gasteiger charge is 2.04. The molecule has 0 fully saturated rings. The SMILES string of the molecule is CC(O)CC(O)SS. The minimum Gasteiger partial charge on any atom is -0.393 e. The Kier molecular flexibility index (Phi) is 4.84. The van der Waals surface area contributed by atoms with Gasteiger partial charge >= 0.3 is 0 Å². The maximum Gasteiger partial charge on any atom is 0.111 e. The summed E-state index contributed by atoms with van der Waals surface area (Å²) in [5, 5.41) is 17.4. The first-order valence-corrected chi connectivity index (χ1v) is 4.26. The lowest BCUT2D eigenvalue weighted by molar-refractivity contribution is 0.135. The molecule has 2 nitrogen and oxygen atoms in total. The second kappa shape index (κ2) is 4.49. The van der Waals surface area contributed by atoms with E-state index in [0.717, 1.165) is 10.8 Å². The molecule has 0 rings (SSSR count). The van der Waals surface area contributed by atoms with Crippen molar-refractivity contribution in [2.45, 2.75) is 24.9 Å². The van der Waals surface area contributed by atoms with Crippen molar-refractivity contribution < 1.29 is 10.2 Å². The van der Waals surface area contributed by atoms with Gasteiger partial charge in [-0.05, 0) is 6.92 Å². The summed E-state index contributed by atoms with van der Waals surface area (Å²) in [5.74, 6) is 0. The molecule has 0 spiro atoms. The van der Waals surface area contributed by atoms with Crippen LogP contribution in [-0.4, -0.2) is 21.8 Å². The molecule has 0 aromatic heterocycles. The van der Waals surface area contributed by atoms with Crippen molar-refractivity contribution in [1.29, 1.82) is 0 Å². The van der Waals surface area contributed by atoms with E-state index in [1.165, 1.54) is 0 Å². The van der Waals surface area contributed by atoms with Gasteiger partial charge in [-0.1, -0.05) is 10.8 Å². The molecule has 0 saturated carbocycles. The van der Waals surface area contributed by atoms with Crippen LogP contribution in [0.3, 0.4) is 0 Å². The third kappa shape index (κ3) is 4.77. The lowest BCUT2D eigenvalue weighted by atomic mass is 10.3. The molecule has 50 valence electrons. The van der Waals surface area contributed by atoms with Crippen LogP contribution in [0.2, 0.25) is 0 Å². The van der Waals surface area contributed by atoms with Gasteiger partial charge in [-0.25, -0.2) is 0 Å². The molecule has 0 heterocycles. The van der Waals surface area contributed by atoms with Gasteiger partial charge in [0.15, 0.2) is 0 Å². The Labute approximate surface area is 58.1 Å². The zero-order valence-electron chi connectivity index (χ0n) is 4.61. The monoisotopic (exact) mass is 154 g/mol. The second-order valence-electron chi connectivity index (χ2n) is 1.64. The van der Waals surface area contributed by atoms with Gasteiger partial charge < -0.3 is 10.2 Å². The van der Waals surface area contributed by atoms with Gasteiger partial charge in [0.2, 0.25) is 0 Å². The van der Waals surface area contributed by atoms with Gasteiger partial charge in [0.05, 0.1) is 6.10 Å². The van der Waals surface area contributed by atoms with Gasteiger partial charge in [0.1, 0.15) is 5.44 Å². The maximum atomic E-state index is 8.75. The molecular formula is C4H10O2S2. The normalized spacial score (nSPS) is 18.0. The van der Waals surface area contributed by atoms with Gasteiger partial charge in [-0.15, -0.1) is 11.7 Å². The van der Waals surface area contributed by atoms with Crippen molar-refractivity contribution in [3.8, 4) is 0 Å². The van der Waals surface area contributed by atoms with Crippen molar-refractivity contribution >= 4 is 22.5 Å². The van der Waals surface area contributed by atoms with Crippen LogP contribution in [-0.2, 0) is 0 Å². The molecule has 8 heavy (non-hydrogen) atoms. The van der Waals surface area contributed by atoms with Crippen molar-refractivity contribution in [3.63, 3.8) is 0 Å². The predicted molar refractivity (Wildman–Crippen MR) is 38.9 cm³/mol. The van der Waals surface area contributed by atoms with Crippen LogP contribution in [0.5, 0.6) is 0 Å². The number of hydrogen-bond acceptors (Lipinski definition) is 4. The van der Waals surface area contributed by atoms with Crippen LogP contribution in [0.25, 0.3) is 0 Å². The number of rotatable bonds is 3. The van der Waals surface area contributed by atoms with Crippen LogP contribution in [0.4, 0.5) is 0 Å². The molecule has 2 atom stereocenters. The van der Waals surface area contributed by atoms with Gasteiger partial charge in [-0.2, -0.15) is 0 Å². The molecule has 0 aliphatic rings. The molecule has 0 aliphatic carbocycles. The highest BCUT2D eigenvalue weighted by atomic mass is 33.1. The quantitative estimate of drug-likeness (QED) is 0.318. The van der Waals surface area contributed by atoms with E-state index < -0.39 is 11.5 Å². The van der Waals surface area contributed by atoms with Crippen molar-refractivity contribution in [2.75, 3.05) is 0 Å². The Morgan fingerprint density at radius 3 is 2.25 bits per heavy atom. The summed E-state index contributed by atoms with van der Waals surface area (Å²) < 4.78 is 0. The summed E-state index contributed by atoms with van der Waals surface area (Å²) in [6, 6.07) is 0. The minimum atomic E-state index is -0.543. The van der Waals surface area contributed by atoms with Crippen molar-refractivity contribution in [3.05, 3.63) is 0 Å². The second-order valence-corrected chi connectivity index (χ2v) is 3.03. The zero-order valence-corrected chi connectivity index (χ0v) is 6.32. The third-order valence-electron chi connectivity index (χ3n) is 0.664. The summed E-state index contributed by atoms with van der Waals surface area (Å²) in [4.78, 5) is 0. The summed E-state index contributed by atoms with van der Waals surface area (Å²) >= 11 is 3.75. The van der Waals surface area contributed by atoms with E-state index >= 15 is 0 Å². The van der Waals surface area contributed by atoms with Crippen LogP contribution in [0.1, 0.15) is 13.3 Å². The first-order chi connectivity index (χ1) is 3.66. The fourth-order valence-electron chi connectivity index (χ4n) is 0.335. The molecule has 0 aromatic carbocycles. The fourth-order valence-corrected chi connectivity index (χ4v) is 0.958. The first kappa shape index (κ1) is 8.62. The Morgan fingerprint density at radius 1 is 1.62 bits per heavy atom. The third-order valence-corrected chi connectivity index (χ3v) is 1.83. The number of aliphatic hydroxyl groups is 2. The maximum absolute atomic E-state index is 8.75. The Morgan fingerprint density at radius 2 is 2.12 bits per heavy atom. The molecule has 4 heteroatoms. The van der Waals surface area contributed by atoms with E-state index in [0.29, 0.717) is 6.42 Å². The van der Waals surface area contributed by atoms with Crippen molar-refractivity contribution in [2.24, 2.45) is 0 Å². The molecule has 0 aliphatic heterocycles. The number of hydrogen-bond donors (Lipinski definition) is 3. The summed E-state index contributed by atoms with van der Waals surface area (Å²) in [6.45, 7) is 1.63. The van der Waals surface area contributed by atoms with E-state index in [1.54, 1.807) is 6.92 Å².